The van der Waals surface area contributed by atoms with Gasteiger partial charge in [0, 0.05) is 23.0 Å². The van der Waals surface area contributed by atoms with Gasteiger partial charge >= 0.3 is 0 Å². The Kier molecular flexibility index (Phi) is 6.62. The number of hydrogen-bond donors (Lipinski definition) is 1. The minimum absolute atomic E-state index is 0.0147. The smallest absolute Gasteiger partial charge is 0.193 e. The number of carbonyl (C=O) groups excluding carboxylic acids is 1. The van der Waals surface area contributed by atoms with Crippen LogP contribution in [0.25, 0.3) is 0 Å². The van der Waals surface area contributed by atoms with Gasteiger partial charge in [0.2, 0.25) is 0 Å². The lowest BCUT2D eigenvalue weighted by molar-refractivity contribution is 0.103. The highest BCUT2D eigenvalue weighted by molar-refractivity contribution is 7.55. The molecule has 0 aromatic heterocycles. The second kappa shape index (κ2) is 9.55. The first-order chi connectivity index (χ1) is 14.6. The minimum atomic E-state index is -0.0147. The zero-order valence-electron chi connectivity index (χ0n) is 17.4. The van der Waals surface area contributed by atoms with Gasteiger partial charge in [0.05, 0.1) is 0 Å². The summed E-state index contributed by atoms with van der Waals surface area (Å²) >= 11 is 0. The van der Waals surface area contributed by atoms with Crippen molar-refractivity contribution >= 4 is 25.0 Å². The highest BCUT2D eigenvalue weighted by Crippen LogP contribution is 2.24. The Morgan fingerprint density at radius 1 is 0.900 bits per heavy atom. The fraction of sp³-hybridized carbons (Fsp3) is 0.269. The summed E-state index contributed by atoms with van der Waals surface area (Å²) in [5, 5.41) is 12.6. The van der Waals surface area contributed by atoms with E-state index >= 15 is 0 Å². The van der Waals surface area contributed by atoms with Gasteiger partial charge in [0.1, 0.15) is 5.75 Å². The van der Waals surface area contributed by atoms with Crippen LogP contribution in [0, 0.1) is 6.92 Å². The SMILES string of the molecule is Cc1ccc(Pc2cc(C(=O)c3ccccc3)ccc2O)c(CN2CCCCC2)c1. The molecular weight excluding hydrogens is 389 g/mol. The van der Waals surface area contributed by atoms with Crippen LogP contribution in [0.2, 0.25) is 0 Å². The number of aromatic hydroxyl groups is 1. The van der Waals surface area contributed by atoms with E-state index in [1.54, 1.807) is 12.1 Å². The van der Waals surface area contributed by atoms with Gasteiger partial charge in [-0.15, -0.1) is 0 Å². The highest BCUT2D eigenvalue weighted by Gasteiger charge is 2.16. The molecule has 0 amide bonds. The van der Waals surface area contributed by atoms with E-state index in [-0.39, 0.29) is 11.5 Å². The standard InChI is InChI=1S/C26H28NO2P/c1-19-10-13-24(22(16-19)18-27-14-6-3-7-15-27)30-25-17-21(11-12-23(25)28)26(29)20-8-4-2-5-9-20/h2,4-5,8-13,16-17,28,30H,3,6-7,14-15,18H2,1H3. The van der Waals surface area contributed by atoms with E-state index in [1.807, 2.05) is 36.4 Å². The van der Waals surface area contributed by atoms with Crippen molar-refractivity contribution in [2.45, 2.75) is 32.7 Å². The number of ketones is 1. The van der Waals surface area contributed by atoms with Crippen LogP contribution in [0.1, 0.15) is 46.3 Å². The molecule has 0 spiro atoms. The van der Waals surface area contributed by atoms with Gasteiger partial charge in [-0.05, 0) is 61.9 Å². The lowest BCUT2D eigenvalue weighted by Gasteiger charge is -2.27. The number of benzene rings is 3. The number of phenolic OH excluding ortho intramolecular Hbond substituents is 1. The average molecular weight is 417 g/mol. The quantitative estimate of drug-likeness (QED) is 0.473. The third-order valence-electron chi connectivity index (χ3n) is 5.67. The molecule has 0 saturated carbocycles. The number of aryl methyl sites for hydroxylation is 1. The molecule has 0 bridgehead atoms. The molecule has 30 heavy (non-hydrogen) atoms. The van der Waals surface area contributed by atoms with Gasteiger partial charge in [-0.25, -0.2) is 0 Å². The summed E-state index contributed by atoms with van der Waals surface area (Å²) < 4.78 is 0. The van der Waals surface area contributed by atoms with Gasteiger partial charge in [-0.2, -0.15) is 0 Å². The van der Waals surface area contributed by atoms with Gasteiger partial charge in [-0.1, -0.05) is 69.1 Å². The largest absolute Gasteiger partial charge is 0.507 e. The first kappa shape index (κ1) is 20.8. The van der Waals surface area contributed by atoms with Crippen molar-refractivity contribution in [3.05, 3.63) is 89.0 Å². The monoisotopic (exact) mass is 417 g/mol. The van der Waals surface area contributed by atoms with Crippen molar-refractivity contribution in [2.24, 2.45) is 0 Å². The average Bonchev–Trinajstić information content (AvgIpc) is 2.78. The first-order valence-electron chi connectivity index (χ1n) is 10.6. The normalized spacial score (nSPS) is 15.0. The van der Waals surface area contributed by atoms with Crippen molar-refractivity contribution in [1.29, 1.82) is 0 Å². The molecule has 3 nitrogen and oxygen atoms in total. The Labute approximate surface area is 180 Å². The van der Waals surface area contributed by atoms with Crippen molar-refractivity contribution in [3.8, 4) is 5.75 Å². The van der Waals surface area contributed by atoms with E-state index < -0.39 is 0 Å². The van der Waals surface area contributed by atoms with E-state index in [2.05, 4.69) is 30.0 Å². The second-order valence-corrected chi connectivity index (χ2v) is 9.38. The van der Waals surface area contributed by atoms with E-state index in [4.69, 9.17) is 0 Å². The Bertz CT molecular complexity index is 1030. The Hall–Kier alpha value is -2.48. The molecule has 0 radical (unpaired) electrons. The Morgan fingerprint density at radius 3 is 2.43 bits per heavy atom. The number of carbonyl (C=O) groups is 1. The summed E-state index contributed by atoms with van der Waals surface area (Å²) in [7, 11) is 0.310. The van der Waals surface area contributed by atoms with E-state index in [0.717, 1.165) is 24.9 Å². The molecule has 1 saturated heterocycles. The molecule has 1 aliphatic heterocycles. The van der Waals surface area contributed by atoms with Crippen LogP contribution in [-0.2, 0) is 6.54 Å². The predicted molar refractivity (Wildman–Crippen MR) is 126 cm³/mol. The molecule has 4 rings (SSSR count). The van der Waals surface area contributed by atoms with E-state index in [9.17, 15) is 9.90 Å². The number of piperidine rings is 1. The highest BCUT2D eigenvalue weighted by atomic mass is 31.1. The number of likely N-dealkylation sites (tertiary alicyclic amines) is 1. The summed E-state index contributed by atoms with van der Waals surface area (Å²) in [5.74, 6) is 0.238. The molecular formula is C26H28NO2P. The second-order valence-electron chi connectivity index (χ2n) is 8.05. The van der Waals surface area contributed by atoms with Crippen LogP contribution >= 0.6 is 8.58 Å². The van der Waals surface area contributed by atoms with Crippen LogP contribution in [0.5, 0.6) is 5.75 Å². The van der Waals surface area contributed by atoms with E-state index in [0.29, 0.717) is 19.7 Å². The first-order valence-corrected chi connectivity index (χ1v) is 11.6. The molecule has 0 aliphatic carbocycles. The molecule has 1 heterocycles. The predicted octanol–water partition coefficient (Wildman–Crippen LogP) is 4.55. The van der Waals surface area contributed by atoms with E-state index in [1.165, 1.54) is 35.7 Å². The maximum atomic E-state index is 12.9. The van der Waals surface area contributed by atoms with Gasteiger partial charge in [0.15, 0.2) is 5.78 Å². The van der Waals surface area contributed by atoms with Gasteiger partial charge in [-0.3, -0.25) is 9.69 Å². The van der Waals surface area contributed by atoms with Crippen molar-refractivity contribution in [3.63, 3.8) is 0 Å². The fourth-order valence-electron chi connectivity index (χ4n) is 4.01. The van der Waals surface area contributed by atoms with Gasteiger partial charge < -0.3 is 5.11 Å². The van der Waals surface area contributed by atoms with Gasteiger partial charge in [0.25, 0.3) is 0 Å². The van der Waals surface area contributed by atoms with Crippen molar-refractivity contribution in [1.82, 2.24) is 4.90 Å². The lowest BCUT2D eigenvalue weighted by atomic mass is 10.0. The number of nitrogens with zero attached hydrogens (tertiary/aromatic N) is 1. The molecule has 1 fully saturated rings. The maximum Gasteiger partial charge on any atom is 0.193 e. The molecule has 154 valence electrons. The molecule has 1 unspecified atom stereocenters. The molecule has 3 aromatic rings. The number of phenols is 1. The van der Waals surface area contributed by atoms with Crippen LogP contribution in [0.15, 0.2) is 66.7 Å². The summed E-state index contributed by atoms with van der Waals surface area (Å²) in [6.45, 7) is 5.39. The topological polar surface area (TPSA) is 40.5 Å². The van der Waals surface area contributed by atoms with Crippen molar-refractivity contribution in [2.75, 3.05) is 13.1 Å². The summed E-state index contributed by atoms with van der Waals surface area (Å²) in [6.07, 6.45) is 3.87. The van der Waals surface area contributed by atoms with Crippen molar-refractivity contribution < 1.29 is 9.90 Å². The zero-order valence-corrected chi connectivity index (χ0v) is 18.4. The van der Waals surface area contributed by atoms with Crippen LogP contribution in [0.4, 0.5) is 0 Å². The maximum absolute atomic E-state index is 12.9. The lowest BCUT2D eigenvalue weighted by Crippen LogP contribution is -2.30. The summed E-state index contributed by atoms with van der Waals surface area (Å²) in [4.78, 5) is 15.4. The molecule has 3 aromatic carbocycles. The van der Waals surface area contributed by atoms with Crippen LogP contribution in [0.3, 0.4) is 0 Å². The number of rotatable bonds is 6. The fourth-order valence-corrected chi connectivity index (χ4v) is 5.22. The van der Waals surface area contributed by atoms with Crippen LogP contribution < -0.4 is 10.6 Å². The molecule has 1 N–H and O–H groups in total. The minimum Gasteiger partial charge on any atom is -0.507 e. The molecule has 1 atom stereocenters. The third-order valence-corrected chi connectivity index (χ3v) is 7.09. The number of hydrogen-bond acceptors (Lipinski definition) is 3. The van der Waals surface area contributed by atoms with Crippen LogP contribution in [-0.4, -0.2) is 28.9 Å². The zero-order chi connectivity index (χ0) is 20.9. The molecule has 1 aliphatic rings. The Morgan fingerprint density at radius 2 is 1.67 bits per heavy atom. The molecule has 4 heteroatoms. The summed E-state index contributed by atoms with van der Waals surface area (Å²) in [6, 6.07) is 21.1. The third kappa shape index (κ3) is 4.98. The summed E-state index contributed by atoms with van der Waals surface area (Å²) in [5.41, 5.74) is 3.87. The Balaban J connectivity index is 1.60.